The zero-order valence-corrected chi connectivity index (χ0v) is 14.8. The molecule has 1 unspecified atom stereocenters. The Hall–Kier alpha value is -2.44. The number of aromatic nitrogens is 3. The zero-order chi connectivity index (χ0) is 18.0. The van der Waals surface area contributed by atoms with Gasteiger partial charge >= 0.3 is 5.97 Å². The summed E-state index contributed by atoms with van der Waals surface area (Å²) in [7, 11) is 0. The van der Waals surface area contributed by atoms with Crippen molar-refractivity contribution in [1.29, 1.82) is 0 Å². The quantitative estimate of drug-likeness (QED) is 0.878. The molecular formula is C17H24N4O3. The average Bonchev–Trinajstić information content (AvgIpc) is 2.93. The Balaban J connectivity index is 2.57. The maximum atomic E-state index is 12.9. The molecule has 1 atom stereocenters. The number of aryl methyl sites for hydroxylation is 1. The van der Waals surface area contributed by atoms with E-state index in [-0.39, 0.29) is 24.5 Å². The third kappa shape index (κ3) is 3.39. The number of carboxylic acid groups (broad SMARTS) is 1. The summed E-state index contributed by atoms with van der Waals surface area (Å²) in [5.41, 5.74) is 1.81. The highest BCUT2D eigenvalue weighted by Gasteiger charge is 2.25. The summed E-state index contributed by atoms with van der Waals surface area (Å²) in [6.07, 6.45) is 2.53. The molecule has 0 radical (unpaired) electrons. The van der Waals surface area contributed by atoms with Gasteiger partial charge in [0.25, 0.3) is 5.91 Å². The molecule has 0 aromatic carbocycles. The molecule has 1 N–H and O–H groups in total. The predicted molar refractivity (Wildman–Crippen MR) is 91.1 cm³/mol. The lowest BCUT2D eigenvalue weighted by molar-refractivity contribution is -0.138. The Morgan fingerprint density at radius 2 is 2.00 bits per heavy atom. The minimum Gasteiger partial charge on any atom is -0.480 e. The smallest absolute Gasteiger partial charge is 0.323 e. The van der Waals surface area contributed by atoms with Gasteiger partial charge in [0.05, 0.1) is 23.2 Å². The van der Waals surface area contributed by atoms with Crippen molar-refractivity contribution in [3.05, 3.63) is 23.5 Å². The van der Waals surface area contributed by atoms with Crippen molar-refractivity contribution in [3.63, 3.8) is 0 Å². The molecule has 0 spiro atoms. The molecule has 0 aliphatic heterocycles. The third-order valence-corrected chi connectivity index (χ3v) is 4.12. The van der Waals surface area contributed by atoms with Crippen molar-refractivity contribution in [1.82, 2.24) is 19.7 Å². The second-order valence-corrected chi connectivity index (χ2v) is 6.32. The summed E-state index contributed by atoms with van der Waals surface area (Å²) in [5, 5.41) is 14.1. The highest BCUT2D eigenvalue weighted by atomic mass is 16.4. The van der Waals surface area contributed by atoms with E-state index in [0.717, 1.165) is 6.42 Å². The molecule has 0 fully saturated rings. The fourth-order valence-corrected chi connectivity index (χ4v) is 2.60. The predicted octanol–water partition coefficient (Wildman–Crippen LogP) is 2.65. The molecule has 0 aliphatic rings. The van der Waals surface area contributed by atoms with Gasteiger partial charge in [-0.1, -0.05) is 6.92 Å². The highest BCUT2D eigenvalue weighted by molar-refractivity contribution is 6.06. The number of pyridine rings is 1. The lowest BCUT2D eigenvalue weighted by atomic mass is 10.1. The van der Waals surface area contributed by atoms with Gasteiger partial charge in [0.2, 0.25) is 0 Å². The molecule has 1 amide bonds. The van der Waals surface area contributed by atoms with E-state index >= 15 is 0 Å². The molecule has 0 saturated heterocycles. The zero-order valence-electron chi connectivity index (χ0n) is 14.8. The van der Waals surface area contributed by atoms with Crippen LogP contribution in [0.15, 0.2) is 12.3 Å². The summed E-state index contributed by atoms with van der Waals surface area (Å²) in [4.78, 5) is 29.9. The van der Waals surface area contributed by atoms with Crippen molar-refractivity contribution in [2.75, 3.05) is 6.54 Å². The number of aliphatic carboxylic acids is 1. The van der Waals surface area contributed by atoms with E-state index in [1.807, 2.05) is 18.5 Å². The van der Waals surface area contributed by atoms with Crippen LogP contribution in [0.2, 0.25) is 0 Å². The molecule has 7 nitrogen and oxygen atoms in total. The number of carbonyl (C=O) groups is 2. The van der Waals surface area contributed by atoms with Crippen molar-refractivity contribution < 1.29 is 14.7 Å². The Morgan fingerprint density at radius 1 is 1.33 bits per heavy atom. The Kier molecular flexibility index (Phi) is 5.21. The van der Waals surface area contributed by atoms with E-state index in [4.69, 9.17) is 5.11 Å². The maximum Gasteiger partial charge on any atom is 0.323 e. The molecule has 2 aromatic rings. The fourth-order valence-electron chi connectivity index (χ4n) is 2.60. The van der Waals surface area contributed by atoms with Crippen molar-refractivity contribution in [2.45, 2.75) is 53.1 Å². The number of amides is 1. The van der Waals surface area contributed by atoms with Gasteiger partial charge in [-0.05, 0) is 40.2 Å². The normalized spacial score (nSPS) is 12.6. The van der Waals surface area contributed by atoms with Gasteiger partial charge in [-0.15, -0.1) is 0 Å². The lowest BCUT2D eigenvalue weighted by Crippen LogP contribution is -2.40. The maximum absolute atomic E-state index is 12.9. The van der Waals surface area contributed by atoms with Crippen molar-refractivity contribution >= 4 is 22.9 Å². The van der Waals surface area contributed by atoms with E-state index < -0.39 is 5.97 Å². The minimum atomic E-state index is -1.03. The average molecular weight is 332 g/mol. The SMILES string of the molecule is CCC(C)n1ncc2c(C(=O)N(CC(=O)O)C(C)C)cc(C)nc21. The number of nitrogens with zero attached hydrogens (tertiary/aromatic N) is 4. The van der Waals surface area contributed by atoms with Crippen LogP contribution in [-0.4, -0.2) is 49.2 Å². The molecule has 0 bridgehead atoms. The Labute approximate surface area is 141 Å². The standard InChI is InChI=1S/C17H24N4O3/c1-6-12(5)21-16-14(8-18-21)13(7-11(4)19-16)17(24)20(10(2)3)9-15(22)23/h7-8,10,12H,6,9H2,1-5H3,(H,22,23). The van der Waals surface area contributed by atoms with Crippen LogP contribution in [0.1, 0.15) is 56.2 Å². The monoisotopic (exact) mass is 332 g/mol. The van der Waals surface area contributed by atoms with Crippen molar-refractivity contribution in [2.24, 2.45) is 0 Å². The number of carbonyl (C=O) groups excluding carboxylic acids is 1. The lowest BCUT2D eigenvalue weighted by Gasteiger charge is -2.25. The first-order valence-electron chi connectivity index (χ1n) is 8.13. The van der Waals surface area contributed by atoms with Gasteiger partial charge in [0.1, 0.15) is 6.54 Å². The first-order chi connectivity index (χ1) is 11.3. The molecule has 7 heteroatoms. The number of carboxylic acids is 1. The molecule has 0 saturated carbocycles. The number of hydrogen-bond acceptors (Lipinski definition) is 4. The topological polar surface area (TPSA) is 88.3 Å². The van der Waals surface area contributed by atoms with Gasteiger partial charge in [0.15, 0.2) is 5.65 Å². The summed E-state index contributed by atoms with van der Waals surface area (Å²) < 4.78 is 1.82. The highest BCUT2D eigenvalue weighted by Crippen LogP contribution is 2.24. The van der Waals surface area contributed by atoms with Crippen LogP contribution < -0.4 is 0 Å². The fraction of sp³-hybridized carbons (Fsp3) is 0.529. The number of hydrogen-bond donors (Lipinski definition) is 1. The van der Waals surface area contributed by atoms with Crippen LogP contribution in [0.25, 0.3) is 11.0 Å². The third-order valence-electron chi connectivity index (χ3n) is 4.12. The summed E-state index contributed by atoms with van der Waals surface area (Å²) in [6, 6.07) is 1.64. The van der Waals surface area contributed by atoms with E-state index in [0.29, 0.717) is 22.3 Å². The largest absolute Gasteiger partial charge is 0.480 e. The van der Waals surface area contributed by atoms with E-state index in [1.54, 1.807) is 26.1 Å². The summed E-state index contributed by atoms with van der Waals surface area (Å²) in [6.45, 7) is 9.19. The summed E-state index contributed by atoms with van der Waals surface area (Å²) in [5.74, 6) is -1.35. The van der Waals surface area contributed by atoms with Gasteiger partial charge in [-0.3, -0.25) is 9.59 Å². The summed E-state index contributed by atoms with van der Waals surface area (Å²) >= 11 is 0. The van der Waals surface area contributed by atoms with Crippen LogP contribution in [0.4, 0.5) is 0 Å². The van der Waals surface area contributed by atoms with Crippen LogP contribution in [0.5, 0.6) is 0 Å². The number of rotatable bonds is 6. The molecule has 2 heterocycles. The molecule has 2 aromatic heterocycles. The van der Waals surface area contributed by atoms with Crippen molar-refractivity contribution in [3.8, 4) is 0 Å². The first kappa shape index (κ1) is 17.9. The Morgan fingerprint density at radius 3 is 2.54 bits per heavy atom. The van der Waals surface area contributed by atoms with Gasteiger partial charge < -0.3 is 10.0 Å². The Bertz CT molecular complexity index is 767. The van der Waals surface area contributed by atoms with Gasteiger partial charge in [-0.2, -0.15) is 5.10 Å². The van der Waals surface area contributed by atoms with Gasteiger partial charge in [0, 0.05) is 11.7 Å². The number of fused-ring (bicyclic) bond motifs is 1. The van der Waals surface area contributed by atoms with E-state index in [2.05, 4.69) is 17.0 Å². The molecule has 0 aliphatic carbocycles. The molecule has 24 heavy (non-hydrogen) atoms. The first-order valence-corrected chi connectivity index (χ1v) is 8.13. The van der Waals surface area contributed by atoms with E-state index in [9.17, 15) is 9.59 Å². The second kappa shape index (κ2) is 6.98. The molecule has 2 rings (SSSR count). The van der Waals surface area contributed by atoms with Crippen LogP contribution in [-0.2, 0) is 4.79 Å². The van der Waals surface area contributed by atoms with E-state index in [1.165, 1.54) is 4.90 Å². The van der Waals surface area contributed by atoms with Crippen LogP contribution in [0, 0.1) is 6.92 Å². The second-order valence-electron chi connectivity index (χ2n) is 6.32. The van der Waals surface area contributed by atoms with Crippen LogP contribution >= 0.6 is 0 Å². The molecule has 130 valence electrons. The minimum absolute atomic E-state index is 0.167. The van der Waals surface area contributed by atoms with Crippen LogP contribution in [0.3, 0.4) is 0 Å². The molecular weight excluding hydrogens is 308 g/mol. The van der Waals surface area contributed by atoms with Gasteiger partial charge in [-0.25, -0.2) is 9.67 Å².